The maximum absolute atomic E-state index is 10.7. The summed E-state index contributed by atoms with van der Waals surface area (Å²) in [5, 5.41) is 1.35. The molecule has 0 saturated carbocycles. The number of imide groups is 1. The average molecular weight is 177 g/mol. The highest BCUT2D eigenvalue weighted by Crippen LogP contribution is 1.98. The van der Waals surface area contributed by atoms with E-state index in [-0.39, 0.29) is 13.1 Å². The molecule has 0 unspecified atom stereocenters. The quantitative estimate of drug-likeness (QED) is 0.447. The van der Waals surface area contributed by atoms with Crippen molar-refractivity contribution < 1.29 is 14.4 Å². The number of carbonyl (C=O) groups excluding carboxylic acids is 3. The fraction of sp³-hybridized carbons (Fsp3) is 0.400. The molecule has 0 atom stereocenters. The average Bonchev–Trinajstić information content (AvgIpc) is 2.09. The maximum atomic E-state index is 10.7. The largest absolute Gasteiger partial charge is 0.325 e. The number of rotatable bonds is 2. The summed E-state index contributed by atoms with van der Waals surface area (Å²) < 4.78 is 0. The van der Waals surface area contributed by atoms with Gasteiger partial charge >= 0.3 is 6.03 Å². The van der Waals surface area contributed by atoms with Gasteiger partial charge in [-0.25, -0.2) is 4.79 Å². The smallest absolute Gasteiger partial charge is 0.306 e. The molecule has 0 aromatic rings. The first-order chi connectivity index (χ1) is 5.09. The molecule has 0 aromatic carbocycles. The highest BCUT2D eigenvalue weighted by atomic mass is 35.5. The van der Waals surface area contributed by atoms with Crippen LogP contribution in [0.15, 0.2) is 0 Å². The molecule has 0 aliphatic carbocycles. The van der Waals surface area contributed by atoms with Crippen LogP contribution in [-0.4, -0.2) is 35.2 Å². The van der Waals surface area contributed by atoms with E-state index in [1.54, 1.807) is 0 Å². The summed E-state index contributed by atoms with van der Waals surface area (Å²) in [7, 11) is 0. The van der Waals surface area contributed by atoms with E-state index in [9.17, 15) is 14.4 Å². The van der Waals surface area contributed by atoms with Crippen molar-refractivity contribution in [2.45, 2.75) is 0 Å². The molecule has 3 amide bonds. The van der Waals surface area contributed by atoms with E-state index in [2.05, 4.69) is 0 Å². The Bertz CT molecular complexity index is 228. The normalized spacial score (nSPS) is 17.0. The zero-order chi connectivity index (χ0) is 8.43. The molecule has 1 N–H and O–H groups in total. The van der Waals surface area contributed by atoms with Crippen LogP contribution in [-0.2, 0) is 9.59 Å². The highest BCUT2D eigenvalue weighted by molar-refractivity contribution is 6.64. The van der Waals surface area contributed by atoms with Crippen LogP contribution >= 0.6 is 11.6 Å². The van der Waals surface area contributed by atoms with Gasteiger partial charge in [-0.15, -0.1) is 0 Å². The predicted molar refractivity (Wildman–Crippen MR) is 36.0 cm³/mol. The SMILES string of the molecule is O=C(Cl)CN1CC(=O)NC1=O. The van der Waals surface area contributed by atoms with Gasteiger partial charge < -0.3 is 4.90 Å². The summed E-state index contributed by atoms with van der Waals surface area (Å²) >= 11 is 5.00. The number of nitrogens with zero attached hydrogens (tertiary/aromatic N) is 1. The first kappa shape index (κ1) is 8.00. The van der Waals surface area contributed by atoms with Gasteiger partial charge in [-0.05, 0) is 11.6 Å². The first-order valence-electron chi connectivity index (χ1n) is 2.86. The van der Waals surface area contributed by atoms with Crippen LogP contribution in [0, 0.1) is 0 Å². The second-order valence-corrected chi connectivity index (χ2v) is 2.49. The lowest BCUT2D eigenvalue weighted by atomic mass is 10.5. The fourth-order valence-electron chi connectivity index (χ4n) is 0.761. The van der Waals surface area contributed by atoms with Gasteiger partial charge in [-0.1, -0.05) is 0 Å². The molecule has 5 nitrogen and oxygen atoms in total. The van der Waals surface area contributed by atoms with E-state index in [1.165, 1.54) is 0 Å². The number of hydrogen-bond donors (Lipinski definition) is 1. The second kappa shape index (κ2) is 2.87. The maximum Gasteiger partial charge on any atom is 0.325 e. The van der Waals surface area contributed by atoms with Crippen LogP contribution in [0.1, 0.15) is 0 Å². The monoisotopic (exact) mass is 176 g/mol. The Morgan fingerprint density at radius 2 is 2.27 bits per heavy atom. The molecule has 0 aromatic heterocycles. The Kier molecular flexibility index (Phi) is 2.09. The summed E-state index contributed by atoms with van der Waals surface area (Å²) in [5.41, 5.74) is 0. The Morgan fingerprint density at radius 3 is 2.64 bits per heavy atom. The molecule has 0 radical (unpaired) electrons. The van der Waals surface area contributed by atoms with Gasteiger partial charge in [-0.3, -0.25) is 14.9 Å². The fourth-order valence-corrected chi connectivity index (χ4v) is 0.905. The van der Waals surface area contributed by atoms with E-state index >= 15 is 0 Å². The number of hydrogen-bond acceptors (Lipinski definition) is 3. The highest BCUT2D eigenvalue weighted by Gasteiger charge is 2.27. The van der Waals surface area contributed by atoms with Crippen molar-refractivity contribution in [1.29, 1.82) is 0 Å². The lowest BCUT2D eigenvalue weighted by Gasteiger charge is -2.07. The third-order valence-corrected chi connectivity index (χ3v) is 1.30. The summed E-state index contributed by atoms with van der Waals surface area (Å²) in [4.78, 5) is 32.5. The minimum absolute atomic E-state index is 0.0860. The van der Waals surface area contributed by atoms with Gasteiger partial charge in [0.2, 0.25) is 11.1 Å². The molecule has 11 heavy (non-hydrogen) atoms. The molecule has 1 aliphatic heterocycles. The molecule has 0 bridgehead atoms. The summed E-state index contributed by atoms with van der Waals surface area (Å²) in [6.45, 7) is -0.309. The number of carbonyl (C=O) groups is 3. The van der Waals surface area contributed by atoms with Crippen LogP contribution in [0.25, 0.3) is 0 Å². The van der Waals surface area contributed by atoms with Crippen molar-refractivity contribution in [3.8, 4) is 0 Å². The Morgan fingerprint density at radius 1 is 1.64 bits per heavy atom. The van der Waals surface area contributed by atoms with Crippen LogP contribution in [0.4, 0.5) is 4.79 Å². The van der Waals surface area contributed by atoms with Crippen molar-refractivity contribution >= 4 is 28.8 Å². The minimum Gasteiger partial charge on any atom is -0.306 e. The van der Waals surface area contributed by atoms with Gasteiger partial charge in [0, 0.05) is 0 Å². The van der Waals surface area contributed by atoms with E-state index in [4.69, 9.17) is 11.6 Å². The predicted octanol–water partition coefficient (Wildman–Crippen LogP) is -0.696. The van der Waals surface area contributed by atoms with Crippen molar-refractivity contribution in [2.75, 3.05) is 13.1 Å². The number of urea groups is 1. The van der Waals surface area contributed by atoms with Gasteiger partial charge in [0.05, 0.1) is 6.54 Å². The summed E-state index contributed by atoms with van der Waals surface area (Å²) in [5.74, 6) is -0.409. The number of nitrogens with one attached hydrogen (secondary N) is 1. The molecule has 0 spiro atoms. The van der Waals surface area contributed by atoms with Gasteiger partial charge in [-0.2, -0.15) is 0 Å². The second-order valence-electron chi connectivity index (χ2n) is 2.06. The standard InChI is InChI=1S/C5H5ClN2O3/c6-3(9)1-8-2-4(10)7-5(8)11/h1-2H2,(H,7,10,11). The lowest BCUT2D eigenvalue weighted by molar-refractivity contribution is -0.118. The van der Waals surface area contributed by atoms with Gasteiger partial charge in [0.1, 0.15) is 6.54 Å². The Balaban J connectivity index is 2.53. The third kappa shape index (κ3) is 1.91. The minimum atomic E-state index is -0.658. The zero-order valence-electron chi connectivity index (χ0n) is 5.46. The zero-order valence-corrected chi connectivity index (χ0v) is 6.22. The molecule has 1 heterocycles. The Labute approximate surface area is 67.3 Å². The Hall–Kier alpha value is -1.10. The molecular weight excluding hydrogens is 172 g/mol. The van der Waals surface area contributed by atoms with Gasteiger partial charge in [0.25, 0.3) is 0 Å². The van der Waals surface area contributed by atoms with E-state index in [1.807, 2.05) is 5.32 Å². The third-order valence-electron chi connectivity index (χ3n) is 1.18. The lowest BCUT2D eigenvalue weighted by Crippen LogP contribution is -2.31. The first-order valence-corrected chi connectivity index (χ1v) is 3.24. The van der Waals surface area contributed by atoms with Crippen LogP contribution < -0.4 is 5.32 Å². The van der Waals surface area contributed by atoms with Crippen molar-refractivity contribution in [3.05, 3.63) is 0 Å². The van der Waals surface area contributed by atoms with Crippen LogP contribution in [0.3, 0.4) is 0 Å². The molecule has 1 saturated heterocycles. The van der Waals surface area contributed by atoms with Crippen molar-refractivity contribution in [1.82, 2.24) is 10.2 Å². The molecule has 1 rings (SSSR count). The molecule has 60 valence electrons. The van der Waals surface area contributed by atoms with Crippen molar-refractivity contribution in [3.63, 3.8) is 0 Å². The summed E-state index contributed by atoms with van der Waals surface area (Å²) in [6, 6.07) is -0.566. The van der Waals surface area contributed by atoms with E-state index < -0.39 is 17.2 Å². The van der Waals surface area contributed by atoms with Crippen molar-refractivity contribution in [2.24, 2.45) is 0 Å². The molecule has 1 aliphatic rings. The van der Waals surface area contributed by atoms with E-state index in [0.29, 0.717) is 0 Å². The summed E-state index contributed by atoms with van der Waals surface area (Å²) in [6.07, 6.45) is 0. The van der Waals surface area contributed by atoms with E-state index in [0.717, 1.165) is 4.90 Å². The van der Waals surface area contributed by atoms with Crippen LogP contribution in [0.5, 0.6) is 0 Å². The number of amides is 3. The molecule has 1 fully saturated rings. The van der Waals surface area contributed by atoms with Gasteiger partial charge in [0.15, 0.2) is 0 Å². The topological polar surface area (TPSA) is 66.5 Å². The molecule has 6 heteroatoms. The number of halogens is 1. The molecular formula is C5H5ClN2O3. The van der Waals surface area contributed by atoms with Crippen LogP contribution in [0.2, 0.25) is 0 Å².